The third-order valence-corrected chi connectivity index (χ3v) is 7.76. The monoisotopic (exact) mass is 438 g/mol. The first-order chi connectivity index (χ1) is 14.5. The predicted molar refractivity (Wildman–Crippen MR) is 124 cm³/mol. The molecule has 5 rings (SSSR count). The summed E-state index contributed by atoms with van der Waals surface area (Å²) in [5.41, 5.74) is 4.82. The molecule has 1 aromatic carbocycles. The van der Waals surface area contributed by atoms with Gasteiger partial charge in [-0.3, -0.25) is 4.79 Å². The van der Waals surface area contributed by atoms with Crippen LogP contribution >= 0.6 is 22.7 Å². The minimum absolute atomic E-state index is 0.0104. The van der Waals surface area contributed by atoms with Gasteiger partial charge in [0.1, 0.15) is 0 Å². The lowest BCUT2D eigenvalue weighted by molar-refractivity contribution is 0.0410. The van der Waals surface area contributed by atoms with Crippen molar-refractivity contribution >= 4 is 33.6 Å². The zero-order valence-electron chi connectivity index (χ0n) is 17.4. The summed E-state index contributed by atoms with van der Waals surface area (Å²) in [4.78, 5) is 20.6. The largest absolute Gasteiger partial charge is 0.374 e. The van der Waals surface area contributed by atoms with Gasteiger partial charge < -0.3 is 9.64 Å². The first-order valence-corrected chi connectivity index (χ1v) is 12.2. The number of hydrogen-bond acceptors (Lipinski definition) is 6. The van der Waals surface area contributed by atoms with Crippen LogP contribution in [0.4, 0.5) is 5.13 Å². The minimum atomic E-state index is 0.0104. The van der Waals surface area contributed by atoms with Gasteiger partial charge in [0.05, 0.1) is 23.3 Å². The molecule has 3 heterocycles. The Morgan fingerprint density at radius 3 is 2.97 bits per heavy atom. The van der Waals surface area contributed by atoms with Crippen LogP contribution in [0.3, 0.4) is 0 Å². The number of hydrogen-bond donors (Lipinski definition) is 0. The lowest BCUT2D eigenvalue weighted by atomic mass is 9.78. The van der Waals surface area contributed by atoms with Crippen LogP contribution in [-0.4, -0.2) is 36.6 Å². The Kier molecular flexibility index (Phi) is 5.25. The molecule has 2 aromatic heterocycles. The summed E-state index contributed by atoms with van der Waals surface area (Å²) in [6.07, 6.45) is 2.51. The van der Waals surface area contributed by atoms with E-state index >= 15 is 0 Å². The van der Waals surface area contributed by atoms with E-state index in [1.54, 1.807) is 22.7 Å². The molecule has 30 heavy (non-hydrogen) atoms. The highest BCUT2D eigenvalue weighted by Crippen LogP contribution is 2.39. The van der Waals surface area contributed by atoms with Crippen LogP contribution in [-0.2, 0) is 17.6 Å². The number of thiophene rings is 1. The molecule has 1 unspecified atom stereocenters. The topological polar surface area (TPSA) is 42.4 Å². The van der Waals surface area contributed by atoms with E-state index in [1.807, 2.05) is 0 Å². The number of aromatic nitrogens is 1. The van der Waals surface area contributed by atoms with Crippen LogP contribution in [0, 0.1) is 5.41 Å². The van der Waals surface area contributed by atoms with Crippen molar-refractivity contribution in [1.82, 2.24) is 4.98 Å². The van der Waals surface area contributed by atoms with Gasteiger partial charge in [-0.2, -0.15) is 11.3 Å². The molecular formula is C24H26N2O2S2. The third kappa shape index (κ3) is 4.09. The fourth-order valence-corrected chi connectivity index (χ4v) is 6.15. The van der Waals surface area contributed by atoms with Gasteiger partial charge in [-0.1, -0.05) is 49.4 Å². The van der Waals surface area contributed by atoms with E-state index in [9.17, 15) is 4.79 Å². The van der Waals surface area contributed by atoms with E-state index in [2.05, 4.69) is 59.8 Å². The summed E-state index contributed by atoms with van der Waals surface area (Å²) in [5.74, 6) is 0.250. The van der Waals surface area contributed by atoms with Crippen molar-refractivity contribution in [2.24, 2.45) is 5.41 Å². The minimum Gasteiger partial charge on any atom is -0.374 e. The van der Waals surface area contributed by atoms with Gasteiger partial charge in [0.25, 0.3) is 0 Å². The van der Waals surface area contributed by atoms with Crippen molar-refractivity contribution in [3.05, 3.63) is 57.2 Å². The van der Waals surface area contributed by atoms with Gasteiger partial charge in [0, 0.05) is 25.9 Å². The Morgan fingerprint density at radius 2 is 2.13 bits per heavy atom. The van der Waals surface area contributed by atoms with Crippen LogP contribution in [0.15, 0.2) is 41.1 Å². The van der Waals surface area contributed by atoms with Gasteiger partial charge in [-0.05, 0) is 45.4 Å². The average molecular weight is 439 g/mol. The summed E-state index contributed by atoms with van der Waals surface area (Å²) in [5, 5.41) is 5.28. The Bertz CT molecular complexity index is 1060. The van der Waals surface area contributed by atoms with Crippen LogP contribution < -0.4 is 4.90 Å². The van der Waals surface area contributed by atoms with Crippen molar-refractivity contribution in [3.63, 3.8) is 0 Å². The molecule has 0 saturated carbocycles. The van der Waals surface area contributed by atoms with Gasteiger partial charge >= 0.3 is 0 Å². The highest BCUT2D eigenvalue weighted by atomic mass is 32.1. The summed E-state index contributed by atoms with van der Waals surface area (Å²) in [6.45, 7) is 6.64. The van der Waals surface area contributed by atoms with Crippen LogP contribution in [0.1, 0.15) is 41.2 Å². The second-order valence-corrected chi connectivity index (χ2v) is 10.8. The Balaban J connectivity index is 1.30. The standard InChI is InChI=1S/C24H26N2O2S2/c1-24(2)12-20-22(21(27)13-24)30-23(25-20)26-7-8-28-19(14-26)11-16-4-3-5-17(10-16)18-6-9-29-15-18/h3-6,9-10,15,19H,7-8,11-14H2,1-2H3. The maximum absolute atomic E-state index is 12.6. The zero-order chi connectivity index (χ0) is 20.7. The number of fused-ring (bicyclic) bond motifs is 1. The van der Waals surface area contributed by atoms with Crippen LogP contribution in [0.25, 0.3) is 11.1 Å². The van der Waals surface area contributed by atoms with Gasteiger partial charge in [0.15, 0.2) is 10.9 Å². The van der Waals surface area contributed by atoms with E-state index in [0.29, 0.717) is 13.0 Å². The maximum atomic E-state index is 12.6. The number of thiazole rings is 1. The number of rotatable bonds is 4. The lowest BCUT2D eigenvalue weighted by Crippen LogP contribution is -2.43. The quantitative estimate of drug-likeness (QED) is 0.541. The molecule has 1 aliphatic heterocycles. The number of carbonyl (C=O) groups is 1. The Hall–Kier alpha value is -2.02. The van der Waals surface area contributed by atoms with Gasteiger partial charge in [-0.15, -0.1) is 0 Å². The second-order valence-electron chi connectivity index (χ2n) is 9.07. The smallest absolute Gasteiger partial charge is 0.186 e. The number of nitrogens with zero attached hydrogens (tertiary/aromatic N) is 2. The summed E-state index contributed by atoms with van der Waals surface area (Å²) < 4.78 is 6.09. The highest BCUT2D eigenvalue weighted by Gasteiger charge is 2.35. The zero-order valence-corrected chi connectivity index (χ0v) is 19.0. The van der Waals surface area contributed by atoms with Crippen LogP contribution in [0.5, 0.6) is 0 Å². The van der Waals surface area contributed by atoms with Crippen molar-refractivity contribution in [2.75, 3.05) is 24.6 Å². The van der Waals surface area contributed by atoms with Gasteiger partial charge in [0.2, 0.25) is 0 Å². The predicted octanol–water partition coefficient (Wildman–Crippen LogP) is 5.47. The molecule has 1 fully saturated rings. The van der Waals surface area contributed by atoms with Crippen molar-refractivity contribution in [3.8, 4) is 11.1 Å². The van der Waals surface area contributed by atoms with E-state index in [0.717, 1.165) is 41.6 Å². The van der Waals surface area contributed by atoms with E-state index < -0.39 is 0 Å². The van der Waals surface area contributed by atoms with Crippen molar-refractivity contribution in [1.29, 1.82) is 0 Å². The number of Topliss-reactive ketones (excluding diaryl/α,β-unsaturated/α-hetero) is 1. The van der Waals surface area contributed by atoms with E-state index in [-0.39, 0.29) is 17.3 Å². The van der Waals surface area contributed by atoms with E-state index in [4.69, 9.17) is 9.72 Å². The fraction of sp³-hybridized carbons (Fsp3) is 0.417. The fourth-order valence-electron chi connectivity index (χ4n) is 4.43. The number of carbonyl (C=O) groups excluding carboxylic acids is 1. The molecule has 2 aliphatic rings. The Labute approximate surface area is 185 Å². The number of ketones is 1. The lowest BCUT2D eigenvalue weighted by Gasteiger charge is -2.33. The van der Waals surface area contributed by atoms with Crippen molar-refractivity contribution in [2.45, 2.75) is 39.2 Å². The molecule has 156 valence electrons. The summed E-state index contributed by atoms with van der Waals surface area (Å²) in [7, 11) is 0. The summed E-state index contributed by atoms with van der Waals surface area (Å²) in [6, 6.07) is 10.9. The van der Waals surface area contributed by atoms with Crippen LogP contribution in [0.2, 0.25) is 0 Å². The molecule has 0 amide bonds. The summed E-state index contributed by atoms with van der Waals surface area (Å²) >= 11 is 3.29. The number of benzene rings is 1. The molecule has 1 aliphatic carbocycles. The number of morpholine rings is 1. The third-order valence-electron chi connectivity index (χ3n) is 5.88. The molecule has 0 radical (unpaired) electrons. The molecule has 0 N–H and O–H groups in total. The molecule has 4 nitrogen and oxygen atoms in total. The SMILES string of the molecule is CC1(C)CC(=O)c2sc(N3CCOC(Cc4cccc(-c5ccsc5)c4)C3)nc2C1. The van der Waals surface area contributed by atoms with Crippen molar-refractivity contribution < 1.29 is 9.53 Å². The number of ether oxygens (including phenoxy) is 1. The molecule has 0 spiro atoms. The van der Waals surface area contributed by atoms with E-state index in [1.165, 1.54) is 16.7 Å². The number of anilines is 1. The molecule has 1 atom stereocenters. The molecular weight excluding hydrogens is 412 g/mol. The second kappa shape index (κ2) is 7.91. The first kappa shape index (κ1) is 19.9. The molecule has 3 aromatic rings. The van der Waals surface area contributed by atoms with Gasteiger partial charge in [-0.25, -0.2) is 4.98 Å². The molecule has 1 saturated heterocycles. The highest BCUT2D eigenvalue weighted by molar-refractivity contribution is 7.17. The Morgan fingerprint density at radius 1 is 1.23 bits per heavy atom. The first-order valence-electron chi connectivity index (χ1n) is 10.5. The average Bonchev–Trinajstić information content (AvgIpc) is 3.38. The molecule has 6 heteroatoms. The molecule has 0 bridgehead atoms. The maximum Gasteiger partial charge on any atom is 0.186 e. The normalized spacial score (nSPS) is 20.9.